The highest BCUT2D eigenvalue weighted by atomic mass is 32.2. The van der Waals surface area contributed by atoms with E-state index in [1.165, 1.54) is 16.3 Å². The third-order valence-electron chi connectivity index (χ3n) is 10.7. The molecule has 4 N–H and O–H groups in total. The molecule has 14 nitrogen and oxygen atoms in total. The number of nitrogens with one attached hydrogen (secondary N) is 1. The molecule has 5 aromatic rings. The van der Waals surface area contributed by atoms with Crippen molar-refractivity contribution in [3.8, 4) is 16.9 Å². The maximum atomic E-state index is 13.7. The van der Waals surface area contributed by atoms with Crippen molar-refractivity contribution in [3.63, 3.8) is 0 Å². The van der Waals surface area contributed by atoms with Crippen LogP contribution in [0.5, 0.6) is 5.75 Å². The normalized spacial score (nSPS) is 17.3. The van der Waals surface area contributed by atoms with Crippen molar-refractivity contribution in [1.82, 2.24) is 19.1 Å². The predicted molar refractivity (Wildman–Crippen MR) is 261 cm³/mol. The average molecular weight is 926 g/mol. The number of benzene rings is 3. The molecule has 0 unspecified atom stereocenters. The molecule has 1 fully saturated rings. The number of ether oxygens (including phenoxy) is 3. The number of carbonyl (C=O) groups excluding carboxylic acids is 1. The number of aryl methyl sites for hydroxylation is 1. The topological polar surface area (TPSA) is 176 Å². The fourth-order valence-electron chi connectivity index (χ4n) is 7.46. The van der Waals surface area contributed by atoms with Crippen LogP contribution in [0.1, 0.15) is 77.3 Å². The van der Waals surface area contributed by atoms with Crippen molar-refractivity contribution in [2.75, 3.05) is 61.2 Å². The van der Waals surface area contributed by atoms with Crippen LogP contribution in [0.3, 0.4) is 0 Å². The zero-order valence-corrected chi connectivity index (χ0v) is 39.5. The number of aromatic nitrogens is 4. The largest absolute Gasteiger partial charge is 0.491 e. The lowest BCUT2D eigenvalue weighted by Crippen LogP contribution is -2.30. The van der Waals surface area contributed by atoms with Gasteiger partial charge in [0.25, 0.3) is 5.91 Å². The van der Waals surface area contributed by atoms with Crippen LogP contribution in [0, 0.1) is 5.92 Å². The first-order valence-electron chi connectivity index (χ1n) is 22.5. The first-order chi connectivity index (χ1) is 31.5. The molecule has 0 spiro atoms. The number of hydrogen-bond acceptors (Lipinski definition) is 12. The van der Waals surface area contributed by atoms with Gasteiger partial charge in [0.15, 0.2) is 0 Å². The van der Waals surface area contributed by atoms with Crippen LogP contribution in [0.2, 0.25) is 0 Å². The minimum atomic E-state index is -1.21. The third-order valence-corrected chi connectivity index (χ3v) is 13.2. The summed E-state index contributed by atoms with van der Waals surface area (Å²) < 4.78 is 33.5. The Balaban J connectivity index is 0.000000392. The maximum Gasteiger partial charge on any atom is 0.351 e. The van der Waals surface area contributed by atoms with Gasteiger partial charge in [-0.2, -0.15) is 4.98 Å². The van der Waals surface area contributed by atoms with E-state index >= 15 is 0 Å². The van der Waals surface area contributed by atoms with Gasteiger partial charge >= 0.3 is 5.69 Å². The second-order valence-electron chi connectivity index (χ2n) is 16.4. The molecule has 16 heteroatoms. The summed E-state index contributed by atoms with van der Waals surface area (Å²) in [7, 11) is -1.21. The van der Waals surface area contributed by atoms with Gasteiger partial charge in [0.2, 0.25) is 0 Å². The van der Waals surface area contributed by atoms with Gasteiger partial charge < -0.3 is 39.8 Å². The quantitative estimate of drug-likeness (QED) is 0.0679. The number of nitrogens with zero attached hydrogens (tertiary/aromatic N) is 5. The number of rotatable bonds is 19. The molecule has 1 saturated heterocycles. The Bertz CT molecular complexity index is 2400. The third kappa shape index (κ3) is 14.4. The number of aliphatic hydroxyl groups is 1. The first kappa shape index (κ1) is 49.2. The molecule has 2 aromatic heterocycles. The predicted octanol–water partition coefficient (Wildman–Crippen LogP) is 8.15. The minimum absolute atomic E-state index is 0.0572. The van der Waals surface area contributed by atoms with Gasteiger partial charge in [0, 0.05) is 66.2 Å². The fraction of sp³-hybridized carbons (Fsp3) is 0.429. The maximum absolute atomic E-state index is 13.7. The molecule has 7 rings (SSSR count). The molecule has 1 amide bonds. The molecule has 0 aliphatic carbocycles. The van der Waals surface area contributed by atoms with E-state index in [1.54, 1.807) is 24.8 Å². The van der Waals surface area contributed by atoms with E-state index < -0.39 is 16.5 Å². The summed E-state index contributed by atoms with van der Waals surface area (Å²) in [5, 5.41) is 12.0. The minimum Gasteiger partial charge on any atom is -0.491 e. The van der Waals surface area contributed by atoms with Gasteiger partial charge in [-0.25, -0.2) is 9.78 Å². The van der Waals surface area contributed by atoms with Crippen molar-refractivity contribution < 1.29 is 28.3 Å². The molecule has 2 aliphatic heterocycles. The molecular weight excluding hydrogens is 863 g/mol. The van der Waals surface area contributed by atoms with Crippen LogP contribution in [-0.4, -0.2) is 85.0 Å². The van der Waals surface area contributed by atoms with E-state index in [-0.39, 0.29) is 30.0 Å². The number of nitrogens with two attached hydrogens (primary N) is 1. The van der Waals surface area contributed by atoms with Gasteiger partial charge in [-0.15, -0.1) is 11.8 Å². The number of imidazole rings is 1. The smallest absolute Gasteiger partial charge is 0.351 e. The first-order valence-corrected chi connectivity index (χ1v) is 24.8. The zero-order valence-electron chi connectivity index (χ0n) is 37.9. The van der Waals surface area contributed by atoms with Crippen molar-refractivity contribution in [2.45, 2.75) is 88.7 Å². The van der Waals surface area contributed by atoms with Crippen LogP contribution in [0.4, 0.5) is 17.2 Å². The molecule has 0 bridgehead atoms. The van der Waals surface area contributed by atoms with Crippen LogP contribution in [0.25, 0.3) is 17.2 Å². The van der Waals surface area contributed by atoms with E-state index in [9.17, 15) is 13.8 Å². The van der Waals surface area contributed by atoms with Crippen LogP contribution >= 0.6 is 11.8 Å². The van der Waals surface area contributed by atoms with Crippen molar-refractivity contribution >= 4 is 51.7 Å². The Morgan fingerprint density at radius 1 is 1.03 bits per heavy atom. The summed E-state index contributed by atoms with van der Waals surface area (Å²) in [6, 6.07) is 23.6. The number of amides is 1. The lowest BCUT2D eigenvalue weighted by Gasteiger charge is -2.30. The molecule has 348 valence electrons. The van der Waals surface area contributed by atoms with Gasteiger partial charge in [0.05, 0.1) is 41.8 Å². The molecular formula is C49H63N7O7S2. The summed E-state index contributed by atoms with van der Waals surface area (Å²) in [4.78, 5) is 36.1. The molecule has 0 saturated carbocycles. The Labute approximate surface area is 389 Å². The van der Waals surface area contributed by atoms with E-state index in [1.807, 2.05) is 36.4 Å². The number of thioether (sulfide) groups is 1. The SMILES string of the molecule is CCCCOCCOc1ccc(-c2ccc3c(c2)/C=C(/C(=O)Nc2ccc([S@@](=O)Cc4cncn4CCC)cc2)CCCN3CC(C)C)cc1.Nc1ccn([C@@H]2CS[C@H](CO)O2)c(=O)n1. The van der Waals surface area contributed by atoms with Gasteiger partial charge in [-0.05, 0) is 109 Å². The summed E-state index contributed by atoms with van der Waals surface area (Å²) in [5.74, 6) is 2.43. The van der Waals surface area contributed by atoms with Crippen molar-refractivity contribution in [2.24, 2.45) is 5.92 Å². The monoisotopic (exact) mass is 925 g/mol. The summed E-state index contributed by atoms with van der Waals surface area (Å²) >= 11 is 1.47. The number of nitrogen functional groups attached to an aromatic ring is 1. The second-order valence-corrected chi connectivity index (χ2v) is 19.0. The van der Waals surface area contributed by atoms with Crippen molar-refractivity contribution in [3.05, 3.63) is 119 Å². The molecule has 3 atom stereocenters. The van der Waals surface area contributed by atoms with E-state index in [0.717, 1.165) is 96.2 Å². The second kappa shape index (κ2) is 24.9. The molecule has 3 aromatic carbocycles. The summed E-state index contributed by atoms with van der Waals surface area (Å²) in [5.41, 5.74) is 11.4. The van der Waals surface area contributed by atoms with Gasteiger partial charge in [-0.1, -0.05) is 52.3 Å². The van der Waals surface area contributed by atoms with Crippen LogP contribution in [0.15, 0.2) is 107 Å². The Morgan fingerprint density at radius 2 is 1.82 bits per heavy atom. The molecule has 2 aliphatic rings. The van der Waals surface area contributed by atoms with Gasteiger partial charge in [0.1, 0.15) is 29.8 Å². The number of carbonyl (C=O) groups is 1. The van der Waals surface area contributed by atoms with Crippen LogP contribution < -0.4 is 26.4 Å². The highest BCUT2D eigenvalue weighted by Gasteiger charge is 2.27. The molecule has 65 heavy (non-hydrogen) atoms. The average Bonchev–Trinajstić information content (AvgIpc) is 3.96. The standard InChI is InChI=1S/C41H52N4O4S.C8H11N3O3S/c1-5-7-22-48-23-24-49-38-15-10-32(11-16-38)33-12-19-40-35(25-33)26-34(9-8-21-44(40)28-31(3)4)41(46)43-36-13-17-39(18-14-36)50(47)29-37-27-42-30-45(37)20-6-2;9-5-1-2-11(8(13)10-5)6-4-15-7(3-12)14-6/h10-19,25-27,30-31H,5-9,20-24,28-29H2,1-4H3,(H,43,46);1-2,6-7,12H,3-4H2,(H2,9,10,13)/b34-26+;/t50-;6-,7+/m00/s1. The number of unbranched alkanes of at least 4 members (excludes halogenated alkanes) is 1. The summed E-state index contributed by atoms with van der Waals surface area (Å²) in [6.45, 7) is 13.3. The number of anilines is 3. The summed E-state index contributed by atoms with van der Waals surface area (Å²) in [6.07, 6.45) is 11.5. The fourth-order valence-corrected chi connectivity index (χ4v) is 9.50. The van der Waals surface area contributed by atoms with Crippen LogP contribution in [-0.2, 0) is 37.4 Å². The number of fused-ring (bicyclic) bond motifs is 1. The van der Waals surface area contributed by atoms with E-state index in [4.69, 9.17) is 25.1 Å². The molecule has 4 heterocycles. The highest BCUT2D eigenvalue weighted by Crippen LogP contribution is 2.34. The Kier molecular flexibility index (Phi) is 18.8. The number of aliphatic hydroxyl groups excluding tert-OH is 1. The van der Waals surface area contributed by atoms with E-state index in [0.29, 0.717) is 42.7 Å². The lowest BCUT2D eigenvalue weighted by atomic mass is 9.96. The number of hydrogen-bond donors (Lipinski definition) is 3. The molecule has 0 radical (unpaired) electrons. The van der Waals surface area contributed by atoms with E-state index in [2.05, 4.69) is 88.9 Å². The van der Waals surface area contributed by atoms with Gasteiger partial charge in [-0.3, -0.25) is 13.6 Å². The Hall–Kier alpha value is -5.26. The zero-order chi connectivity index (χ0) is 46.1. The highest BCUT2D eigenvalue weighted by molar-refractivity contribution is 8.00. The lowest BCUT2D eigenvalue weighted by molar-refractivity contribution is -0.112. The Morgan fingerprint density at radius 3 is 2.52 bits per heavy atom. The van der Waals surface area contributed by atoms with Crippen molar-refractivity contribution in [1.29, 1.82) is 0 Å².